The Labute approximate surface area is 344 Å². The fourth-order valence-electron chi connectivity index (χ4n) is 5.77. The van der Waals surface area contributed by atoms with Crippen molar-refractivity contribution < 1.29 is 28.6 Å². The van der Waals surface area contributed by atoms with Crippen LogP contribution in [0.2, 0.25) is 0 Å². The SMILES string of the molecule is CC/C=C\C/C=C\C/C=C\CCCCCCC(=O)OCC(COC(=O)CCC/C=C\C/C=C\C/C=C\CC)OC(=O)CCCCC/C=C\CCCCCCCC. The van der Waals surface area contributed by atoms with Gasteiger partial charge in [0.15, 0.2) is 6.10 Å². The summed E-state index contributed by atoms with van der Waals surface area (Å²) in [6.07, 6.45) is 55.8. The van der Waals surface area contributed by atoms with E-state index in [1.807, 2.05) is 0 Å². The second-order valence-electron chi connectivity index (χ2n) is 14.5. The Morgan fingerprint density at radius 2 is 0.714 bits per heavy atom. The number of allylic oxidation sites excluding steroid dienone is 14. The zero-order valence-electron chi connectivity index (χ0n) is 36.1. The summed E-state index contributed by atoms with van der Waals surface area (Å²) in [4.78, 5) is 37.7. The van der Waals surface area contributed by atoms with Gasteiger partial charge in [0, 0.05) is 19.3 Å². The summed E-state index contributed by atoms with van der Waals surface area (Å²) < 4.78 is 16.6. The highest BCUT2D eigenvalue weighted by Gasteiger charge is 2.19. The quantitative estimate of drug-likeness (QED) is 0.0268. The molecule has 0 aromatic rings. The number of rotatable bonds is 39. The molecular weight excluding hydrogens is 697 g/mol. The molecule has 56 heavy (non-hydrogen) atoms. The largest absolute Gasteiger partial charge is 0.462 e. The van der Waals surface area contributed by atoms with Crippen LogP contribution in [0.1, 0.15) is 194 Å². The maximum Gasteiger partial charge on any atom is 0.306 e. The Morgan fingerprint density at radius 3 is 1.20 bits per heavy atom. The van der Waals surface area contributed by atoms with Gasteiger partial charge in [-0.3, -0.25) is 14.4 Å². The summed E-state index contributed by atoms with van der Waals surface area (Å²) in [7, 11) is 0. The summed E-state index contributed by atoms with van der Waals surface area (Å²) in [6, 6.07) is 0. The highest BCUT2D eigenvalue weighted by molar-refractivity contribution is 5.71. The molecule has 0 saturated heterocycles. The van der Waals surface area contributed by atoms with Gasteiger partial charge in [0.2, 0.25) is 0 Å². The third-order valence-corrected chi connectivity index (χ3v) is 9.11. The zero-order valence-corrected chi connectivity index (χ0v) is 36.1. The molecule has 1 atom stereocenters. The molecule has 0 aliphatic carbocycles. The molecule has 6 nitrogen and oxygen atoms in total. The van der Waals surface area contributed by atoms with E-state index in [-0.39, 0.29) is 37.5 Å². The van der Waals surface area contributed by atoms with Crippen LogP contribution in [-0.4, -0.2) is 37.2 Å². The Kier molecular flexibility index (Phi) is 41.6. The summed E-state index contributed by atoms with van der Waals surface area (Å²) in [5, 5.41) is 0. The fraction of sp³-hybridized carbons (Fsp3) is 0.660. The molecule has 0 aromatic carbocycles. The van der Waals surface area contributed by atoms with Crippen LogP contribution in [0.4, 0.5) is 0 Å². The second-order valence-corrected chi connectivity index (χ2v) is 14.5. The first-order valence-corrected chi connectivity index (χ1v) is 22.6. The molecule has 1 unspecified atom stereocenters. The molecule has 0 fully saturated rings. The number of hydrogen-bond acceptors (Lipinski definition) is 6. The van der Waals surface area contributed by atoms with Gasteiger partial charge in [-0.25, -0.2) is 0 Å². The Balaban J connectivity index is 4.51. The molecule has 318 valence electrons. The molecule has 0 aliphatic rings. The van der Waals surface area contributed by atoms with E-state index in [2.05, 4.69) is 106 Å². The lowest BCUT2D eigenvalue weighted by Crippen LogP contribution is -2.30. The Hall–Kier alpha value is -3.41. The van der Waals surface area contributed by atoms with Gasteiger partial charge in [0.25, 0.3) is 0 Å². The fourth-order valence-corrected chi connectivity index (χ4v) is 5.77. The van der Waals surface area contributed by atoms with Crippen LogP contribution in [0.3, 0.4) is 0 Å². The Bertz CT molecular complexity index is 1120. The lowest BCUT2D eigenvalue weighted by atomic mass is 10.1. The van der Waals surface area contributed by atoms with Crippen LogP contribution in [0.25, 0.3) is 0 Å². The first-order valence-electron chi connectivity index (χ1n) is 22.6. The molecule has 0 radical (unpaired) electrons. The number of carbonyl (C=O) groups excluding carboxylic acids is 3. The third-order valence-electron chi connectivity index (χ3n) is 9.11. The number of unbranched alkanes of at least 4 members (excludes halogenated alkanes) is 14. The van der Waals surface area contributed by atoms with Crippen LogP contribution in [0, 0.1) is 0 Å². The molecule has 0 heterocycles. The highest BCUT2D eigenvalue weighted by atomic mass is 16.6. The average molecular weight is 779 g/mol. The number of esters is 3. The van der Waals surface area contributed by atoms with Crippen molar-refractivity contribution >= 4 is 17.9 Å². The van der Waals surface area contributed by atoms with Crippen LogP contribution in [-0.2, 0) is 28.6 Å². The smallest absolute Gasteiger partial charge is 0.306 e. The van der Waals surface area contributed by atoms with E-state index in [4.69, 9.17) is 14.2 Å². The molecular formula is C50H82O6. The maximum absolute atomic E-state index is 12.7. The van der Waals surface area contributed by atoms with Crippen LogP contribution >= 0.6 is 0 Å². The topological polar surface area (TPSA) is 78.9 Å². The second kappa shape index (κ2) is 44.3. The Morgan fingerprint density at radius 1 is 0.375 bits per heavy atom. The molecule has 0 N–H and O–H groups in total. The molecule has 6 heteroatoms. The van der Waals surface area contributed by atoms with Gasteiger partial charge in [0.1, 0.15) is 13.2 Å². The van der Waals surface area contributed by atoms with Gasteiger partial charge in [-0.1, -0.05) is 157 Å². The molecule has 0 bridgehead atoms. The minimum absolute atomic E-state index is 0.111. The standard InChI is InChI=1S/C50H82O6/c1-4-7-10-13-16-19-22-24-26-28-31-34-37-40-43-49(52)55-46-47(45-54-48(51)42-39-36-33-30-27-21-18-15-12-9-6-3)56-50(53)44-41-38-35-32-29-25-23-20-17-14-11-8-5-2/h7,9-10,12,16,18-19,21,24-26,29-30,33,47H,4-6,8,11,13-15,17,20,22-23,27-28,31-32,34-46H2,1-3H3/b10-7-,12-9-,19-16-,21-18-,26-24-,29-25-,33-30-. The summed E-state index contributed by atoms with van der Waals surface area (Å²) in [5.41, 5.74) is 0. The van der Waals surface area contributed by atoms with E-state index < -0.39 is 6.10 Å². The minimum Gasteiger partial charge on any atom is -0.462 e. The van der Waals surface area contributed by atoms with E-state index in [1.54, 1.807) is 0 Å². The van der Waals surface area contributed by atoms with E-state index in [0.29, 0.717) is 19.3 Å². The van der Waals surface area contributed by atoms with Gasteiger partial charge in [-0.2, -0.15) is 0 Å². The third kappa shape index (κ3) is 41.7. The first kappa shape index (κ1) is 52.6. The van der Waals surface area contributed by atoms with Crippen molar-refractivity contribution in [1.29, 1.82) is 0 Å². The molecule has 0 spiro atoms. The van der Waals surface area contributed by atoms with Crippen molar-refractivity contribution in [2.75, 3.05) is 13.2 Å². The highest BCUT2D eigenvalue weighted by Crippen LogP contribution is 2.12. The van der Waals surface area contributed by atoms with E-state index in [0.717, 1.165) is 109 Å². The van der Waals surface area contributed by atoms with Crippen LogP contribution < -0.4 is 0 Å². The number of hydrogen-bond donors (Lipinski definition) is 0. The van der Waals surface area contributed by atoms with E-state index in [1.165, 1.54) is 38.5 Å². The van der Waals surface area contributed by atoms with Crippen LogP contribution in [0.15, 0.2) is 85.1 Å². The molecule has 0 amide bonds. The molecule has 0 aromatic heterocycles. The van der Waals surface area contributed by atoms with Crippen molar-refractivity contribution in [1.82, 2.24) is 0 Å². The summed E-state index contributed by atoms with van der Waals surface area (Å²) >= 11 is 0. The lowest BCUT2D eigenvalue weighted by molar-refractivity contribution is -0.167. The summed E-state index contributed by atoms with van der Waals surface area (Å²) in [5.74, 6) is -1.01. The lowest BCUT2D eigenvalue weighted by Gasteiger charge is -2.18. The van der Waals surface area contributed by atoms with Gasteiger partial charge >= 0.3 is 17.9 Å². The number of ether oxygens (including phenoxy) is 3. The summed E-state index contributed by atoms with van der Waals surface area (Å²) in [6.45, 7) is 6.29. The number of carbonyl (C=O) groups is 3. The predicted octanol–water partition coefficient (Wildman–Crippen LogP) is 14.5. The van der Waals surface area contributed by atoms with E-state index >= 15 is 0 Å². The van der Waals surface area contributed by atoms with Gasteiger partial charge in [-0.05, 0) is 103 Å². The van der Waals surface area contributed by atoms with Crippen molar-refractivity contribution in [3.8, 4) is 0 Å². The average Bonchev–Trinajstić information content (AvgIpc) is 3.19. The maximum atomic E-state index is 12.7. The molecule has 0 aliphatic heterocycles. The van der Waals surface area contributed by atoms with E-state index in [9.17, 15) is 14.4 Å². The first-order chi connectivity index (χ1) is 27.5. The predicted molar refractivity (Wildman–Crippen MR) is 237 cm³/mol. The van der Waals surface area contributed by atoms with Crippen molar-refractivity contribution in [2.45, 2.75) is 200 Å². The van der Waals surface area contributed by atoms with Gasteiger partial charge in [-0.15, -0.1) is 0 Å². The minimum atomic E-state index is -0.811. The molecule has 0 rings (SSSR count). The van der Waals surface area contributed by atoms with Crippen molar-refractivity contribution in [3.05, 3.63) is 85.1 Å². The zero-order chi connectivity index (χ0) is 40.8. The van der Waals surface area contributed by atoms with Crippen LogP contribution in [0.5, 0.6) is 0 Å². The van der Waals surface area contributed by atoms with Gasteiger partial charge in [0.05, 0.1) is 0 Å². The normalized spacial score (nSPS) is 12.8. The van der Waals surface area contributed by atoms with Gasteiger partial charge < -0.3 is 14.2 Å². The van der Waals surface area contributed by atoms with Crippen molar-refractivity contribution in [2.24, 2.45) is 0 Å². The molecule has 0 saturated carbocycles. The monoisotopic (exact) mass is 779 g/mol. The van der Waals surface area contributed by atoms with Crippen molar-refractivity contribution in [3.63, 3.8) is 0 Å².